The van der Waals surface area contributed by atoms with Gasteiger partial charge < -0.3 is 10.2 Å². The van der Waals surface area contributed by atoms with E-state index in [1.54, 1.807) is 10.9 Å². The number of hydrogen-bond acceptors (Lipinski definition) is 5. The minimum atomic E-state index is -0.0394. The Labute approximate surface area is 158 Å². The zero-order valence-electron chi connectivity index (χ0n) is 15.7. The summed E-state index contributed by atoms with van der Waals surface area (Å²) in [6.45, 7) is 6.51. The Kier molecular flexibility index (Phi) is 4.85. The highest BCUT2D eigenvalue weighted by Gasteiger charge is 2.30. The topological polar surface area (TPSA) is 75.9 Å². The maximum absolute atomic E-state index is 13.2. The molecular formula is C20H24N6O. The Morgan fingerprint density at radius 2 is 2.19 bits per heavy atom. The molecule has 0 spiro atoms. The molecule has 1 unspecified atom stereocenters. The molecule has 3 aromatic rings. The summed E-state index contributed by atoms with van der Waals surface area (Å²) >= 11 is 0. The minimum Gasteiger partial charge on any atom is -0.333 e. The maximum Gasteiger partial charge on any atom is 0.276 e. The van der Waals surface area contributed by atoms with Crippen molar-refractivity contribution >= 4 is 16.8 Å². The number of hydrogen-bond donors (Lipinski definition) is 1. The third kappa shape index (κ3) is 3.19. The predicted octanol–water partition coefficient (Wildman–Crippen LogP) is 2.34. The standard InChI is InChI=1S/C20H24N6O/c1-3-12-25(16-9-11-21-13-16)20(27)18-14(2)26(24-23-18)17-8-4-6-15-7-5-10-22-19(15)17/h4-8,10,16,21H,3,9,11-13H2,1-2H3. The molecule has 1 amide bonds. The van der Waals surface area contributed by atoms with Crippen LogP contribution in [0, 0.1) is 6.92 Å². The van der Waals surface area contributed by atoms with Crippen molar-refractivity contribution in [2.75, 3.05) is 19.6 Å². The van der Waals surface area contributed by atoms with E-state index < -0.39 is 0 Å². The number of benzene rings is 1. The maximum atomic E-state index is 13.2. The fraction of sp³-hybridized carbons (Fsp3) is 0.400. The molecule has 0 bridgehead atoms. The molecule has 4 rings (SSSR count). The van der Waals surface area contributed by atoms with Crippen molar-refractivity contribution in [2.45, 2.75) is 32.7 Å². The van der Waals surface area contributed by atoms with Crippen molar-refractivity contribution in [3.8, 4) is 5.69 Å². The first-order valence-corrected chi connectivity index (χ1v) is 9.48. The van der Waals surface area contributed by atoms with Crippen molar-refractivity contribution in [1.82, 2.24) is 30.2 Å². The predicted molar refractivity (Wildman–Crippen MR) is 104 cm³/mol. The van der Waals surface area contributed by atoms with Gasteiger partial charge in [0.2, 0.25) is 0 Å². The third-order valence-electron chi connectivity index (χ3n) is 5.14. The minimum absolute atomic E-state index is 0.0394. The van der Waals surface area contributed by atoms with Crippen molar-refractivity contribution in [3.63, 3.8) is 0 Å². The molecule has 2 aromatic heterocycles. The molecule has 7 heteroatoms. The highest BCUT2D eigenvalue weighted by Crippen LogP contribution is 2.22. The molecule has 1 atom stereocenters. The lowest BCUT2D eigenvalue weighted by atomic mass is 10.1. The first-order valence-electron chi connectivity index (χ1n) is 9.48. The number of fused-ring (bicyclic) bond motifs is 1. The summed E-state index contributed by atoms with van der Waals surface area (Å²) < 4.78 is 1.72. The quantitative estimate of drug-likeness (QED) is 0.752. The van der Waals surface area contributed by atoms with E-state index in [-0.39, 0.29) is 11.9 Å². The zero-order valence-corrected chi connectivity index (χ0v) is 15.7. The molecule has 1 saturated heterocycles. The summed E-state index contributed by atoms with van der Waals surface area (Å²) in [4.78, 5) is 19.7. The van der Waals surface area contributed by atoms with Crippen molar-refractivity contribution < 1.29 is 4.79 Å². The van der Waals surface area contributed by atoms with Gasteiger partial charge in [-0.25, -0.2) is 4.68 Å². The van der Waals surface area contributed by atoms with Crippen LogP contribution >= 0.6 is 0 Å². The normalized spacial score (nSPS) is 16.7. The first kappa shape index (κ1) is 17.6. The number of nitrogens with zero attached hydrogens (tertiary/aromatic N) is 5. The van der Waals surface area contributed by atoms with Gasteiger partial charge in [0.05, 0.1) is 16.9 Å². The van der Waals surface area contributed by atoms with E-state index in [0.717, 1.165) is 54.8 Å². The Bertz CT molecular complexity index is 955. The van der Waals surface area contributed by atoms with Gasteiger partial charge in [-0.05, 0) is 38.4 Å². The molecule has 0 aliphatic carbocycles. The average molecular weight is 364 g/mol. The van der Waals surface area contributed by atoms with Crippen LogP contribution in [0.1, 0.15) is 35.9 Å². The second-order valence-electron chi connectivity index (χ2n) is 6.93. The van der Waals surface area contributed by atoms with E-state index in [4.69, 9.17) is 0 Å². The summed E-state index contributed by atoms with van der Waals surface area (Å²) in [7, 11) is 0. The SMILES string of the molecule is CCCN(C(=O)c1nnn(-c2cccc3cccnc23)c1C)C1CCNC1. The Morgan fingerprint density at radius 3 is 2.96 bits per heavy atom. The van der Waals surface area contributed by atoms with Gasteiger partial charge in [-0.2, -0.15) is 0 Å². The largest absolute Gasteiger partial charge is 0.333 e. The van der Waals surface area contributed by atoms with Gasteiger partial charge in [0.15, 0.2) is 5.69 Å². The highest BCUT2D eigenvalue weighted by atomic mass is 16.2. The van der Waals surface area contributed by atoms with Crippen LogP contribution in [-0.4, -0.2) is 56.5 Å². The molecule has 140 valence electrons. The Morgan fingerprint density at radius 1 is 1.33 bits per heavy atom. The monoisotopic (exact) mass is 364 g/mol. The van der Waals surface area contributed by atoms with E-state index in [0.29, 0.717) is 5.69 Å². The number of carbonyl (C=O) groups excluding carboxylic acids is 1. The number of para-hydroxylation sites is 1. The van der Waals surface area contributed by atoms with Crippen LogP contribution in [0.25, 0.3) is 16.6 Å². The molecule has 0 saturated carbocycles. The van der Waals surface area contributed by atoms with E-state index in [9.17, 15) is 4.79 Å². The molecule has 0 radical (unpaired) electrons. The summed E-state index contributed by atoms with van der Waals surface area (Å²) in [5.74, 6) is -0.0394. The van der Waals surface area contributed by atoms with Gasteiger partial charge >= 0.3 is 0 Å². The molecule has 1 fully saturated rings. The number of rotatable bonds is 5. The summed E-state index contributed by atoms with van der Waals surface area (Å²) in [5.41, 5.74) is 2.84. The van der Waals surface area contributed by atoms with Gasteiger partial charge in [-0.3, -0.25) is 9.78 Å². The smallest absolute Gasteiger partial charge is 0.276 e. The number of pyridine rings is 1. The van der Waals surface area contributed by atoms with Crippen molar-refractivity contribution in [2.24, 2.45) is 0 Å². The van der Waals surface area contributed by atoms with Crippen molar-refractivity contribution in [3.05, 3.63) is 47.9 Å². The summed E-state index contributed by atoms with van der Waals surface area (Å²) in [6.07, 6.45) is 3.66. The molecule has 27 heavy (non-hydrogen) atoms. The van der Waals surface area contributed by atoms with Crippen LogP contribution in [-0.2, 0) is 0 Å². The molecular weight excluding hydrogens is 340 g/mol. The van der Waals surface area contributed by atoms with Gasteiger partial charge in [0.1, 0.15) is 0 Å². The average Bonchev–Trinajstić information content (AvgIpc) is 3.35. The lowest BCUT2D eigenvalue weighted by Crippen LogP contribution is -2.42. The Hall–Kier alpha value is -2.80. The van der Waals surface area contributed by atoms with Crippen molar-refractivity contribution in [1.29, 1.82) is 0 Å². The van der Waals surface area contributed by atoms with E-state index in [1.807, 2.05) is 42.2 Å². The second kappa shape index (κ2) is 7.44. The molecule has 1 aliphatic rings. The number of carbonyl (C=O) groups is 1. The molecule has 3 heterocycles. The fourth-order valence-corrected chi connectivity index (χ4v) is 3.75. The highest BCUT2D eigenvalue weighted by molar-refractivity contribution is 5.94. The van der Waals surface area contributed by atoms with Gasteiger partial charge in [0, 0.05) is 30.7 Å². The van der Waals surface area contributed by atoms with Crippen LogP contribution in [0.3, 0.4) is 0 Å². The molecule has 1 aromatic carbocycles. The van der Waals surface area contributed by atoms with Gasteiger partial charge in [-0.1, -0.05) is 30.3 Å². The summed E-state index contributed by atoms with van der Waals surface area (Å²) in [5, 5.41) is 12.9. The zero-order chi connectivity index (χ0) is 18.8. The number of amides is 1. The lowest BCUT2D eigenvalue weighted by Gasteiger charge is -2.27. The third-order valence-corrected chi connectivity index (χ3v) is 5.14. The number of aromatic nitrogens is 4. The van der Waals surface area contributed by atoms with Crippen LogP contribution < -0.4 is 5.32 Å². The van der Waals surface area contributed by atoms with E-state index >= 15 is 0 Å². The number of nitrogens with one attached hydrogen (secondary N) is 1. The summed E-state index contributed by atoms with van der Waals surface area (Å²) in [6, 6.07) is 10.1. The van der Waals surface area contributed by atoms with E-state index in [1.165, 1.54) is 0 Å². The van der Waals surface area contributed by atoms with Gasteiger partial charge in [0.25, 0.3) is 5.91 Å². The van der Waals surface area contributed by atoms with Crippen LogP contribution in [0.4, 0.5) is 0 Å². The Balaban J connectivity index is 1.72. The van der Waals surface area contributed by atoms with Crippen LogP contribution in [0.15, 0.2) is 36.5 Å². The fourth-order valence-electron chi connectivity index (χ4n) is 3.75. The van der Waals surface area contributed by atoms with Crippen LogP contribution in [0.2, 0.25) is 0 Å². The lowest BCUT2D eigenvalue weighted by molar-refractivity contribution is 0.0685. The van der Waals surface area contributed by atoms with Crippen LogP contribution in [0.5, 0.6) is 0 Å². The molecule has 1 aliphatic heterocycles. The second-order valence-corrected chi connectivity index (χ2v) is 6.93. The van der Waals surface area contributed by atoms with Gasteiger partial charge in [-0.15, -0.1) is 5.10 Å². The molecule has 7 nitrogen and oxygen atoms in total. The molecule has 1 N–H and O–H groups in total. The first-order chi connectivity index (χ1) is 13.2. The van der Waals surface area contributed by atoms with E-state index in [2.05, 4.69) is 27.5 Å².